The molecule has 1 fully saturated rings. The highest BCUT2D eigenvalue weighted by molar-refractivity contribution is 7.17. The average Bonchev–Trinajstić information content (AvgIpc) is 3.17. The number of rotatable bonds is 7. The molecule has 0 spiro atoms. The molecule has 28 heavy (non-hydrogen) atoms. The highest BCUT2D eigenvalue weighted by atomic mass is 32.1. The zero-order valence-corrected chi connectivity index (χ0v) is 17.5. The lowest BCUT2D eigenvalue weighted by molar-refractivity contribution is 0.0378. The van der Waals surface area contributed by atoms with E-state index in [9.17, 15) is 0 Å². The van der Waals surface area contributed by atoms with Crippen molar-refractivity contribution in [2.24, 2.45) is 0 Å². The largest absolute Gasteiger partial charge is 0.379 e. The van der Waals surface area contributed by atoms with Crippen LogP contribution in [-0.4, -0.2) is 54.3 Å². The van der Waals surface area contributed by atoms with Gasteiger partial charge in [-0.15, -0.1) is 11.3 Å². The van der Waals surface area contributed by atoms with Crippen LogP contribution in [0.4, 0.5) is 5.82 Å². The first kappa shape index (κ1) is 19.3. The lowest BCUT2D eigenvalue weighted by atomic mass is 9.99. The molecule has 4 rings (SSSR count). The van der Waals surface area contributed by atoms with E-state index in [0.29, 0.717) is 5.92 Å². The van der Waals surface area contributed by atoms with Crippen molar-refractivity contribution in [1.82, 2.24) is 14.9 Å². The predicted octanol–water partition coefficient (Wildman–Crippen LogP) is 4.62. The Bertz CT molecular complexity index is 901. The van der Waals surface area contributed by atoms with Crippen LogP contribution in [0.15, 0.2) is 36.0 Å². The fourth-order valence-electron chi connectivity index (χ4n) is 3.60. The molecule has 148 valence electrons. The highest BCUT2D eigenvalue weighted by Gasteiger charge is 2.14. The summed E-state index contributed by atoms with van der Waals surface area (Å²) in [6.45, 7) is 10.2. The molecule has 1 N–H and O–H groups in total. The molecule has 0 aliphatic carbocycles. The number of hydrogen-bond donors (Lipinski definition) is 1. The fourth-order valence-corrected chi connectivity index (χ4v) is 4.52. The molecule has 1 aliphatic rings. The van der Waals surface area contributed by atoms with E-state index < -0.39 is 0 Å². The van der Waals surface area contributed by atoms with Crippen LogP contribution in [-0.2, 0) is 4.74 Å². The van der Waals surface area contributed by atoms with Crippen molar-refractivity contribution in [2.75, 3.05) is 44.7 Å². The number of aromatic nitrogens is 2. The van der Waals surface area contributed by atoms with Crippen molar-refractivity contribution < 1.29 is 4.74 Å². The number of benzene rings is 1. The molecule has 3 heterocycles. The molecule has 3 aromatic rings. The second-order valence-corrected chi connectivity index (χ2v) is 8.42. The van der Waals surface area contributed by atoms with Crippen molar-refractivity contribution >= 4 is 27.4 Å². The van der Waals surface area contributed by atoms with Gasteiger partial charge in [-0.25, -0.2) is 9.97 Å². The number of ether oxygens (including phenoxy) is 1. The third-order valence-corrected chi connectivity index (χ3v) is 6.19. The number of morpholine rings is 1. The predicted molar refractivity (Wildman–Crippen MR) is 117 cm³/mol. The molecular weight excluding hydrogens is 368 g/mol. The maximum absolute atomic E-state index is 5.42. The van der Waals surface area contributed by atoms with Crippen LogP contribution in [0, 0.1) is 0 Å². The lowest BCUT2D eigenvalue weighted by Crippen LogP contribution is -2.37. The Balaban J connectivity index is 1.48. The van der Waals surface area contributed by atoms with Crippen LogP contribution < -0.4 is 5.32 Å². The standard InChI is InChI=1S/C22H28N4OS/c1-16(2)17-4-6-18(7-5-17)19-14-28-22-20(19)21(24-15-25-22)23-8-3-9-26-10-12-27-13-11-26/h4-7,14-16H,3,8-13H2,1-2H3,(H,23,24,25). The first-order valence-electron chi connectivity index (χ1n) is 10.1. The number of nitrogens with one attached hydrogen (secondary N) is 1. The Kier molecular flexibility index (Phi) is 6.20. The maximum Gasteiger partial charge on any atom is 0.138 e. The van der Waals surface area contributed by atoms with E-state index in [2.05, 4.69) is 63.7 Å². The van der Waals surface area contributed by atoms with Crippen molar-refractivity contribution in [3.63, 3.8) is 0 Å². The Labute approximate surface area is 170 Å². The molecule has 1 saturated heterocycles. The zero-order valence-electron chi connectivity index (χ0n) is 16.6. The van der Waals surface area contributed by atoms with Crippen molar-refractivity contribution in [2.45, 2.75) is 26.2 Å². The molecule has 1 aliphatic heterocycles. The third-order valence-electron chi connectivity index (χ3n) is 5.31. The van der Waals surface area contributed by atoms with Crippen molar-refractivity contribution in [1.29, 1.82) is 0 Å². The first-order chi connectivity index (χ1) is 13.7. The van der Waals surface area contributed by atoms with Crippen molar-refractivity contribution in [3.8, 4) is 11.1 Å². The molecule has 2 aromatic heterocycles. The van der Waals surface area contributed by atoms with E-state index in [1.165, 1.54) is 16.7 Å². The van der Waals surface area contributed by atoms with Gasteiger partial charge in [0.15, 0.2) is 0 Å². The van der Waals surface area contributed by atoms with Gasteiger partial charge in [0.1, 0.15) is 17.0 Å². The Morgan fingerprint density at radius 2 is 1.93 bits per heavy atom. The molecular formula is C22H28N4OS. The second-order valence-electron chi connectivity index (χ2n) is 7.56. The number of anilines is 1. The highest BCUT2D eigenvalue weighted by Crippen LogP contribution is 2.36. The van der Waals surface area contributed by atoms with Crippen LogP contribution in [0.1, 0.15) is 31.7 Å². The smallest absolute Gasteiger partial charge is 0.138 e. The summed E-state index contributed by atoms with van der Waals surface area (Å²) in [4.78, 5) is 12.5. The topological polar surface area (TPSA) is 50.3 Å². The average molecular weight is 397 g/mol. The molecule has 0 bridgehead atoms. The van der Waals surface area contributed by atoms with Crippen LogP contribution in [0.5, 0.6) is 0 Å². The quantitative estimate of drug-likeness (QED) is 0.591. The van der Waals surface area contributed by atoms with Gasteiger partial charge >= 0.3 is 0 Å². The summed E-state index contributed by atoms with van der Waals surface area (Å²) in [5.41, 5.74) is 3.80. The van der Waals surface area contributed by atoms with Gasteiger partial charge in [0.25, 0.3) is 0 Å². The maximum atomic E-state index is 5.42. The van der Waals surface area contributed by atoms with Crippen LogP contribution >= 0.6 is 11.3 Å². The summed E-state index contributed by atoms with van der Waals surface area (Å²) >= 11 is 1.68. The molecule has 6 heteroatoms. The van der Waals surface area contributed by atoms with Crippen LogP contribution in [0.2, 0.25) is 0 Å². The molecule has 0 unspecified atom stereocenters. The van der Waals surface area contributed by atoms with E-state index in [0.717, 1.165) is 61.8 Å². The monoisotopic (exact) mass is 396 g/mol. The molecule has 0 atom stereocenters. The van der Waals surface area contributed by atoms with E-state index >= 15 is 0 Å². The summed E-state index contributed by atoms with van der Waals surface area (Å²) in [7, 11) is 0. The van der Waals surface area contributed by atoms with E-state index in [-0.39, 0.29) is 0 Å². The Hall–Kier alpha value is -2.02. The molecule has 0 saturated carbocycles. The van der Waals surface area contributed by atoms with Crippen LogP contribution in [0.3, 0.4) is 0 Å². The molecule has 5 nitrogen and oxygen atoms in total. The summed E-state index contributed by atoms with van der Waals surface area (Å²) in [5.74, 6) is 1.48. The summed E-state index contributed by atoms with van der Waals surface area (Å²) in [6, 6.07) is 8.88. The number of hydrogen-bond acceptors (Lipinski definition) is 6. The van der Waals surface area contributed by atoms with Gasteiger partial charge in [0.2, 0.25) is 0 Å². The van der Waals surface area contributed by atoms with E-state index in [1.54, 1.807) is 17.7 Å². The van der Waals surface area contributed by atoms with Gasteiger partial charge in [0, 0.05) is 30.6 Å². The fraction of sp³-hybridized carbons (Fsp3) is 0.455. The van der Waals surface area contributed by atoms with Gasteiger partial charge in [0.05, 0.1) is 18.6 Å². The van der Waals surface area contributed by atoms with Gasteiger partial charge in [-0.05, 0) is 30.0 Å². The Morgan fingerprint density at radius 3 is 2.68 bits per heavy atom. The molecule has 1 aromatic carbocycles. The lowest BCUT2D eigenvalue weighted by Gasteiger charge is -2.26. The summed E-state index contributed by atoms with van der Waals surface area (Å²) in [6.07, 6.45) is 2.75. The third kappa shape index (κ3) is 4.35. The SMILES string of the molecule is CC(C)c1ccc(-c2csc3ncnc(NCCCN4CCOCC4)c23)cc1. The summed E-state index contributed by atoms with van der Waals surface area (Å²) in [5, 5.41) is 6.88. The second kappa shape index (κ2) is 8.99. The van der Waals surface area contributed by atoms with Gasteiger partial charge in [-0.2, -0.15) is 0 Å². The molecule has 0 radical (unpaired) electrons. The number of fused-ring (bicyclic) bond motifs is 1. The Morgan fingerprint density at radius 1 is 1.14 bits per heavy atom. The van der Waals surface area contributed by atoms with Gasteiger partial charge in [-0.3, -0.25) is 4.90 Å². The minimum Gasteiger partial charge on any atom is -0.379 e. The van der Waals surface area contributed by atoms with Crippen LogP contribution in [0.25, 0.3) is 21.3 Å². The summed E-state index contributed by atoms with van der Waals surface area (Å²) < 4.78 is 5.42. The zero-order chi connectivity index (χ0) is 19.3. The van der Waals surface area contributed by atoms with Crippen molar-refractivity contribution in [3.05, 3.63) is 41.5 Å². The van der Waals surface area contributed by atoms with Gasteiger partial charge < -0.3 is 10.1 Å². The number of thiophene rings is 1. The number of nitrogens with zero attached hydrogens (tertiary/aromatic N) is 3. The first-order valence-corrected chi connectivity index (χ1v) is 11.0. The van der Waals surface area contributed by atoms with E-state index in [4.69, 9.17) is 4.74 Å². The molecule has 0 amide bonds. The normalized spacial score (nSPS) is 15.4. The minimum absolute atomic E-state index is 0.542. The minimum atomic E-state index is 0.542. The van der Waals surface area contributed by atoms with E-state index in [1.807, 2.05) is 0 Å². The van der Waals surface area contributed by atoms with Gasteiger partial charge in [-0.1, -0.05) is 38.1 Å².